The number of halogens is 4. The number of pyridine rings is 1. The molecular formula is C15H15BF4N6O3. The normalized spacial score (nSPS) is 12.7. The van der Waals surface area contributed by atoms with Crippen molar-refractivity contribution in [3.63, 3.8) is 0 Å². The third kappa shape index (κ3) is 4.96. The van der Waals surface area contributed by atoms with Crippen LogP contribution in [0.15, 0.2) is 37.1 Å². The average Bonchev–Trinajstić information content (AvgIpc) is 3.34. The topological polar surface area (TPSA) is 111 Å². The number of nitrogens with zero attached hydrogens (tertiary/aromatic N) is 6. The zero-order valence-corrected chi connectivity index (χ0v) is 14.7. The maximum Gasteiger partial charge on any atom is 0.490 e. The third-order valence-corrected chi connectivity index (χ3v) is 4.05. The van der Waals surface area contributed by atoms with Crippen LogP contribution in [0.5, 0.6) is 0 Å². The highest BCUT2D eigenvalue weighted by Crippen LogP contribution is 2.25. The van der Waals surface area contributed by atoms with Crippen molar-refractivity contribution in [2.24, 2.45) is 0 Å². The van der Waals surface area contributed by atoms with Gasteiger partial charge in [-0.05, 0) is 12.5 Å². The van der Waals surface area contributed by atoms with Gasteiger partial charge in [0.2, 0.25) is 0 Å². The molecule has 154 valence electrons. The Morgan fingerprint density at radius 2 is 1.93 bits per heavy atom. The number of rotatable bonds is 9. The van der Waals surface area contributed by atoms with Gasteiger partial charge in [-0.1, -0.05) is 6.07 Å². The molecule has 0 saturated heterocycles. The van der Waals surface area contributed by atoms with Crippen molar-refractivity contribution >= 4 is 12.6 Å². The van der Waals surface area contributed by atoms with E-state index in [1.807, 2.05) is 0 Å². The minimum absolute atomic E-state index is 0.0427. The quantitative estimate of drug-likeness (QED) is 0.394. The molecule has 0 bridgehead atoms. The van der Waals surface area contributed by atoms with Crippen LogP contribution in [-0.4, -0.2) is 59.9 Å². The summed E-state index contributed by atoms with van der Waals surface area (Å²) in [6.07, 6.45) is 4.84. The Morgan fingerprint density at radius 1 is 1.14 bits per heavy atom. The molecule has 0 spiro atoms. The highest BCUT2D eigenvalue weighted by Gasteiger charge is 2.22. The molecule has 0 radical (unpaired) electrons. The Hall–Kier alpha value is -2.84. The summed E-state index contributed by atoms with van der Waals surface area (Å²) in [5.41, 5.74) is 0.754. The molecule has 0 saturated carbocycles. The van der Waals surface area contributed by atoms with Crippen molar-refractivity contribution in [1.82, 2.24) is 29.5 Å². The van der Waals surface area contributed by atoms with Gasteiger partial charge in [0.25, 0.3) is 0 Å². The molecule has 14 heteroatoms. The summed E-state index contributed by atoms with van der Waals surface area (Å²) in [7, 11) is -1.71. The smallest absolute Gasteiger partial charge is 0.423 e. The van der Waals surface area contributed by atoms with Gasteiger partial charge < -0.3 is 14.8 Å². The Bertz CT molecular complexity index is 921. The van der Waals surface area contributed by atoms with Gasteiger partial charge in [-0.15, -0.1) is 10.2 Å². The zero-order chi connectivity index (χ0) is 21.0. The Labute approximate surface area is 161 Å². The van der Waals surface area contributed by atoms with Crippen LogP contribution in [0.3, 0.4) is 0 Å². The van der Waals surface area contributed by atoms with Crippen molar-refractivity contribution in [2.45, 2.75) is 25.6 Å². The molecule has 3 rings (SSSR count). The van der Waals surface area contributed by atoms with Gasteiger partial charge in [0.1, 0.15) is 6.33 Å². The van der Waals surface area contributed by atoms with E-state index in [0.29, 0.717) is 10.3 Å². The molecule has 3 heterocycles. The van der Waals surface area contributed by atoms with Crippen molar-refractivity contribution < 1.29 is 32.3 Å². The summed E-state index contributed by atoms with van der Waals surface area (Å²) in [4.78, 5) is 4.12. The standard InChI is InChI=1S/C15H15BF4N6O3/c17-14(18)25-8-22-24-13(25)9-5-23-26(7-9)12(3-4-29-15(19)20)11-2-1-10(6-21-11)16(27)28/h1-2,5-8,12,14-15,27-28H,3-4H2. The Kier molecular flexibility index (Phi) is 6.56. The lowest BCUT2D eigenvalue weighted by atomic mass is 9.81. The fourth-order valence-electron chi connectivity index (χ4n) is 2.67. The van der Waals surface area contributed by atoms with Gasteiger partial charge in [-0.25, -0.2) is 0 Å². The monoisotopic (exact) mass is 414 g/mol. The van der Waals surface area contributed by atoms with Gasteiger partial charge >= 0.3 is 20.3 Å². The van der Waals surface area contributed by atoms with Crippen LogP contribution in [0.4, 0.5) is 17.6 Å². The van der Waals surface area contributed by atoms with Crippen LogP contribution in [0, 0.1) is 0 Å². The number of hydrogen-bond donors (Lipinski definition) is 2. The van der Waals surface area contributed by atoms with Gasteiger partial charge in [-0.3, -0.25) is 14.2 Å². The molecule has 3 aromatic heterocycles. The van der Waals surface area contributed by atoms with Gasteiger partial charge in [0.15, 0.2) is 5.82 Å². The second-order valence-corrected chi connectivity index (χ2v) is 5.87. The highest BCUT2D eigenvalue weighted by atomic mass is 19.3. The lowest BCUT2D eigenvalue weighted by Crippen LogP contribution is -2.30. The Balaban J connectivity index is 1.89. The van der Waals surface area contributed by atoms with E-state index in [1.54, 1.807) is 0 Å². The first-order valence-electron chi connectivity index (χ1n) is 8.30. The molecule has 0 aliphatic rings. The largest absolute Gasteiger partial charge is 0.490 e. The first-order valence-corrected chi connectivity index (χ1v) is 8.30. The van der Waals surface area contributed by atoms with E-state index in [4.69, 9.17) is 0 Å². The zero-order valence-electron chi connectivity index (χ0n) is 14.7. The van der Waals surface area contributed by atoms with Crippen LogP contribution in [0.2, 0.25) is 0 Å². The van der Waals surface area contributed by atoms with Gasteiger partial charge in [0.05, 0.1) is 30.1 Å². The maximum atomic E-state index is 13.0. The Morgan fingerprint density at radius 3 is 2.55 bits per heavy atom. The fraction of sp³-hybridized carbons (Fsp3) is 0.333. The predicted octanol–water partition coefficient (Wildman–Crippen LogP) is 0.830. The number of ether oxygens (including phenoxy) is 1. The lowest BCUT2D eigenvalue weighted by Gasteiger charge is -2.17. The molecule has 1 unspecified atom stereocenters. The number of alkyl halides is 4. The minimum atomic E-state index is -2.95. The maximum absolute atomic E-state index is 13.0. The SMILES string of the molecule is OB(O)c1ccc(C(CCOC(F)F)n2cc(-c3nncn3C(F)F)cn2)nc1. The van der Waals surface area contributed by atoms with Crippen LogP contribution in [-0.2, 0) is 4.74 Å². The van der Waals surface area contributed by atoms with Crippen LogP contribution >= 0.6 is 0 Å². The van der Waals surface area contributed by atoms with Crippen molar-refractivity contribution in [3.05, 3.63) is 42.7 Å². The van der Waals surface area contributed by atoms with E-state index in [-0.39, 0.29) is 29.9 Å². The summed E-state index contributed by atoms with van der Waals surface area (Å²) >= 11 is 0. The number of hydrogen-bond acceptors (Lipinski definition) is 7. The van der Waals surface area contributed by atoms with Crippen molar-refractivity contribution in [3.8, 4) is 11.4 Å². The first kappa shape index (κ1) is 20.9. The van der Waals surface area contributed by atoms with E-state index in [0.717, 1.165) is 6.33 Å². The first-order chi connectivity index (χ1) is 13.9. The van der Waals surface area contributed by atoms with E-state index in [1.165, 1.54) is 35.4 Å². The van der Waals surface area contributed by atoms with Gasteiger partial charge in [-0.2, -0.15) is 22.7 Å². The second kappa shape index (κ2) is 9.11. The van der Waals surface area contributed by atoms with Crippen molar-refractivity contribution in [1.29, 1.82) is 0 Å². The van der Waals surface area contributed by atoms with E-state index in [9.17, 15) is 27.6 Å². The molecule has 0 aliphatic carbocycles. The summed E-state index contributed by atoms with van der Waals surface area (Å²) < 4.78 is 57.0. The van der Waals surface area contributed by atoms with Crippen molar-refractivity contribution in [2.75, 3.05) is 6.61 Å². The second-order valence-electron chi connectivity index (χ2n) is 5.87. The predicted molar refractivity (Wildman–Crippen MR) is 91.3 cm³/mol. The molecule has 3 aromatic rings. The summed E-state index contributed by atoms with van der Waals surface area (Å²) in [5.74, 6) is -0.111. The molecule has 29 heavy (non-hydrogen) atoms. The fourth-order valence-corrected chi connectivity index (χ4v) is 2.67. The molecule has 9 nitrogen and oxygen atoms in total. The van der Waals surface area contributed by atoms with Crippen LogP contribution in [0.1, 0.15) is 24.7 Å². The molecule has 0 aliphatic heterocycles. The molecule has 0 amide bonds. The lowest BCUT2D eigenvalue weighted by molar-refractivity contribution is -0.130. The third-order valence-electron chi connectivity index (χ3n) is 4.05. The molecule has 0 aromatic carbocycles. The highest BCUT2D eigenvalue weighted by molar-refractivity contribution is 6.58. The average molecular weight is 414 g/mol. The van der Waals surface area contributed by atoms with Gasteiger partial charge in [0, 0.05) is 17.9 Å². The van der Waals surface area contributed by atoms with Crippen LogP contribution in [0.25, 0.3) is 11.4 Å². The number of aromatic nitrogens is 6. The van der Waals surface area contributed by atoms with E-state index < -0.39 is 26.3 Å². The molecule has 2 N–H and O–H groups in total. The molecular weight excluding hydrogens is 399 g/mol. The van der Waals surface area contributed by atoms with Crippen LogP contribution < -0.4 is 5.46 Å². The summed E-state index contributed by atoms with van der Waals surface area (Å²) in [6.45, 7) is -6.12. The molecule has 1 atom stereocenters. The van der Waals surface area contributed by atoms with E-state index in [2.05, 4.69) is 25.0 Å². The molecule has 0 fully saturated rings. The summed E-state index contributed by atoms with van der Waals surface area (Å²) in [6, 6.07) is 2.20. The minimum Gasteiger partial charge on any atom is -0.423 e. The van der Waals surface area contributed by atoms with E-state index >= 15 is 0 Å². The summed E-state index contributed by atoms with van der Waals surface area (Å²) in [5, 5.41) is 29.6.